The van der Waals surface area contributed by atoms with Crippen LogP contribution in [0.15, 0.2) is 24.5 Å². The van der Waals surface area contributed by atoms with Crippen molar-refractivity contribution in [2.45, 2.75) is 57.9 Å². The lowest BCUT2D eigenvalue weighted by Gasteiger charge is -2.43. The molecule has 2 heterocycles. The average molecular weight is 368 g/mol. The fraction of sp³-hybridized carbons (Fsp3) is 0.600. The molecule has 27 heavy (non-hydrogen) atoms. The van der Waals surface area contributed by atoms with Gasteiger partial charge in [0.15, 0.2) is 0 Å². The number of fused-ring (bicyclic) bond motifs is 2. The molecule has 0 aliphatic heterocycles. The van der Waals surface area contributed by atoms with Gasteiger partial charge < -0.3 is 11.1 Å². The smallest absolute Gasteiger partial charge is 0.252 e. The molecule has 2 aromatic heterocycles. The number of carbonyl (C=O) groups excluding carboxylic acids is 1. The first-order valence-corrected chi connectivity index (χ1v) is 9.96. The van der Waals surface area contributed by atoms with E-state index in [1.807, 2.05) is 6.07 Å². The highest BCUT2D eigenvalue weighted by molar-refractivity contribution is 5.92. The van der Waals surface area contributed by atoms with Crippen molar-refractivity contribution in [1.82, 2.24) is 19.7 Å². The van der Waals surface area contributed by atoms with Crippen LogP contribution in [0.2, 0.25) is 0 Å². The molecule has 0 saturated heterocycles. The van der Waals surface area contributed by atoms with Gasteiger partial charge in [0.25, 0.3) is 5.95 Å². The van der Waals surface area contributed by atoms with Gasteiger partial charge in [-0.3, -0.25) is 4.79 Å². The highest BCUT2D eigenvalue weighted by atomic mass is 16.2. The molecular formula is C20H28N6O. The molecule has 0 spiro atoms. The van der Waals surface area contributed by atoms with Crippen LogP contribution in [-0.2, 0) is 4.79 Å². The fourth-order valence-corrected chi connectivity index (χ4v) is 4.56. The summed E-state index contributed by atoms with van der Waals surface area (Å²) >= 11 is 0. The summed E-state index contributed by atoms with van der Waals surface area (Å²) in [5.74, 6) is 2.37. The third-order valence-corrected chi connectivity index (χ3v) is 6.10. The Balaban J connectivity index is 1.56. The van der Waals surface area contributed by atoms with E-state index in [4.69, 9.17) is 5.73 Å². The van der Waals surface area contributed by atoms with Gasteiger partial charge in [0.1, 0.15) is 5.82 Å². The van der Waals surface area contributed by atoms with E-state index in [0.717, 1.165) is 31.4 Å². The molecular weight excluding hydrogens is 340 g/mol. The van der Waals surface area contributed by atoms with Gasteiger partial charge in [-0.25, -0.2) is 9.97 Å². The van der Waals surface area contributed by atoms with Crippen molar-refractivity contribution in [2.24, 2.45) is 23.5 Å². The summed E-state index contributed by atoms with van der Waals surface area (Å²) in [4.78, 5) is 21.6. The van der Waals surface area contributed by atoms with Crippen molar-refractivity contribution in [3.63, 3.8) is 0 Å². The second-order valence-electron chi connectivity index (χ2n) is 8.26. The van der Waals surface area contributed by atoms with E-state index in [0.29, 0.717) is 23.6 Å². The summed E-state index contributed by atoms with van der Waals surface area (Å²) in [6, 6.07) is 3.95. The molecule has 2 saturated carbocycles. The largest absolute Gasteiger partial charge is 0.327 e. The molecule has 2 atom stereocenters. The Kier molecular flexibility index (Phi) is 4.95. The van der Waals surface area contributed by atoms with Gasteiger partial charge in [-0.15, -0.1) is 0 Å². The second kappa shape index (κ2) is 7.38. The van der Waals surface area contributed by atoms with Gasteiger partial charge in [0.05, 0.1) is 5.69 Å². The van der Waals surface area contributed by atoms with Crippen LogP contribution >= 0.6 is 0 Å². The quantitative estimate of drug-likeness (QED) is 0.864. The molecule has 3 N–H and O–H groups in total. The molecule has 4 rings (SSSR count). The first kappa shape index (κ1) is 18.1. The summed E-state index contributed by atoms with van der Waals surface area (Å²) in [7, 11) is 0. The van der Waals surface area contributed by atoms with Crippen LogP contribution in [0.5, 0.6) is 0 Å². The first-order valence-electron chi connectivity index (χ1n) is 9.96. The zero-order valence-corrected chi connectivity index (χ0v) is 16.0. The number of nitrogens with zero attached hydrogens (tertiary/aromatic N) is 4. The van der Waals surface area contributed by atoms with Crippen molar-refractivity contribution in [1.29, 1.82) is 0 Å². The van der Waals surface area contributed by atoms with Crippen LogP contribution in [-0.4, -0.2) is 31.7 Å². The Hall–Kier alpha value is -2.28. The number of anilines is 1. The molecule has 2 aromatic rings. The number of amides is 1. The molecule has 7 nitrogen and oxygen atoms in total. The monoisotopic (exact) mass is 368 g/mol. The summed E-state index contributed by atoms with van der Waals surface area (Å²) < 4.78 is 1.63. The highest BCUT2D eigenvalue weighted by Crippen LogP contribution is 2.42. The Morgan fingerprint density at radius 2 is 1.89 bits per heavy atom. The minimum Gasteiger partial charge on any atom is -0.327 e. The van der Waals surface area contributed by atoms with Gasteiger partial charge in [0, 0.05) is 30.4 Å². The third kappa shape index (κ3) is 3.60. The van der Waals surface area contributed by atoms with Gasteiger partial charge in [-0.2, -0.15) is 9.78 Å². The Bertz CT molecular complexity index is 788. The maximum absolute atomic E-state index is 13.0. The van der Waals surface area contributed by atoms with Gasteiger partial charge in [-0.1, -0.05) is 20.3 Å². The lowest BCUT2D eigenvalue weighted by atomic mass is 9.65. The number of rotatable bonds is 4. The van der Waals surface area contributed by atoms with E-state index in [-0.39, 0.29) is 23.8 Å². The van der Waals surface area contributed by atoms with E-state index in [1.54, 1.807) is 23.1 Å². The summed E-state index contributed by atoms with van der Waals surface area (Å²) in [6.07, 6.45) is 8.66. The number of aromatic nitrogens is 4. The SMILES string of the molecule is CC(C)c1cc(NC(=O)C2CC3CCCC(C2)C3N)n(-c2ncccn2)n1. The van der Waals surface area contributed by atoms with Gasteiger partial charge >= 0.3 is 0 Å². The molecule has 7 heteroatoms. The zero-order valence-electron chi connectivity index (χ0n) is 16.0. The van der Waals surface area contributed by atoms with Crippen LogP contribution < -0.4 is 11.1 Å². The number of carbonyl (C=O) groups is 1. The number of hydrogen-bond donors (Lipinski definition) is 2. The average Bonchev–Trinajstić information content (AvgIpc) is 3.06. The standard InChI is InChI=1S/C20H28N6O/c1-12(2)16-11-17(26(25-16)20-22-7-4-8-23-20)24-19(27)15-9-13-5-3-6-14(10-15)18(13)21/h4,7-8,11-15,18H,3,5-6,9-10,21H2,1-2H3,(H,24,27). The molecule has 2 unspecified atom stereocenters. The highest BCUT2D eigenvalue weighted by Gasteiger charge is 2.40. The van der Waals surface area contributed by atoms with Crippen LogP contribution in [0, 0.1) is 17.8 Å². The fourth-order valence-electron chi connectivity index (χ4n) is 4.56. The van der Waals surface area contributed by atoms with E-state index >= 15 is 0 Å². The molecule has 144 valence electrons. The Morgan fingerprint density at radius 3 is 2.52 bits per heavy atom. The molecule has 0 aromatic carbocycles. The van der Waals surface area contributed by atoms with E-state index in [9.17, 15) is 4.79 Å². The van der Waals surface area contributed by atoms with Crippen molar-refractivity contribution >= 4 is 11.7 Å². The summed E-state index contributed by atoms with van der Waals surface area (Å²) in [5.41, 5.74) is 7.28. The predicted octanol–water partition coefficient (Wildman–Crippen LogP) is 2.88. The predicted molar refractivity (Wildman–Crippen MR) is 103 cm³/mol. The normalized spacial score (nSPS) is 27.6. The first-order chi connectivity index (χ1) is 13.0. The lowest BCUT2D eigenvalue weighted by molar-refractivity contribution is -0.122. The molecule has 2 aliphatic rings. The lowest BCUT2D eigenvalue weighted by Crippen LogP contribution is -2.48. The molecule has 2 aliphatic carbocycles. The van der Waals surface area contributed by atoms with Crippen molar-refractivity contribution < 1.29 is 4.79 Å². The maximum atomic E-state index is 13.0. The Morgan fingerprint density at radius 1 is 1.22 bits per heavy atom. The minimum absolute atomic E-state index is 0.0163. The van der Waals surface area contributed by atoms with Crippen molar-refractivity contribution in [3.8, 4) is 5.95 Å². The Labute approximate surface area is 159 Å². The molecule has 2 bridgehead atoms. The second-order valence-corrected chi connectivity index (χ2v) is 8.26. The number of nitrogens with one attached hydrogen (secondary N) is 1. The van der Waals surface area contributed by atoms with Crippen LogP contribution in [0.1, 0.15) is 57.6 Å². The van der Waals surface area contributed by atoms with Gasteiger partial charge in [-0.05, 0) is 49.5 Å². The summed E-state index contributed by atoms with van der Waals surface area (Å²) in [5, 5.41) is 7.70. The number of hydrogen-bond acceptors (Lipinski definition) is 5. The van der Waals surface area contributed by atoms with E-state index < -0.39 is 0 Å². The van der Waals surface area contributed by atoms with E-state index in [2.05, 4.69) is 34.2 Å². The van der Waals surface area contributed by atoms with Crippen molar-refractivity contribution in [2.75, 3.05) is 5.32 Å². The van der Waals surface area contributed by atoms with E-state index in [1.165, 1.54) is 6.42 Å². The summed E-state index contributed by atoms with van der Waals surface area (Å²) in [6.45, 7) is 4.15. The van der Waals surface area contributed by atoms with Crippen LogP contribution in [0.4, 0.5) is 5.82 Å². The van der Waals surface area contributed by atoms with Crippen LogP contribution in [0.3, 0.4) is 0 Å². The molecule has 1 amide bonds. The minimum atomic E-state index is 0.0163. The van der Waals surface area contributed by atoms with Crippen LogP contribution in [0.25, 0.3) is 5.95 Å². The maximum Gasteiger partial charge on any atom is 0.252 e. The topological polar surface area (TPSA) is 98.7 Å². The molecule has 0 radical (unpaired) electrons. The third-order valence-electron chi connectivity index (χ3n) is 6.10. The zero-order chi connectivity index (χ0) is 19.0. The van der Waals surface area contributed by atoms with Crippen molar-refractivity contribution in [3.05, 3.63) is 30.2 Å². The van der Waals surface area contributed by atoms with Gasteiger partial charge in [0.2, 0.25) is 5.91 Å². The number of nitrogens with two attached hydrogens (primary N) is 1. The molecule has 2 fully saturated rings.